The van der Waals surface area contributed by atoms with E-state index in [9.17, 15) is 9.90 Å². The van der Waals surface area contributed by atoms with E-state index in [2.05, 4.69) is 10.5 Å². The maximum absolute atomic E-state index is 11.9. The molecule has 2 aromatic carbocycles. The molecule has 0 aliphatic rings. The third-order valence-electron chi connectivity index (χ3n) is 3.29. The van der Waals surface area contributed by atoms with Gasteiger partial charge in [-0.2, -0.15) is 5.10 Å². The van der Waals surface area contributed by atoms with Gasteiger partial charge < -0.3 is 14.6 Å². The van der Waals surface area contributed by atoms with Crippen LogP contribution in [0.5, 0.6) is 17.2 Å². The van der Waals surface area contributed by atoms with Crippen molar-refractivity contribution in [2.24, 2.45) is 5.10 Å². The number of phenols is 1. The van der Waals surface area contributed by atoms with Crippen molar-refractivity contribution in [3.05, 3.63) is 53.1 Å². The lowest BCUT2D eigenvalue weighted by atomic mass is 10.1. The van der Waals surface area contributed by atoms with Gasteiger partial charge >= 0.3 is 0 Å². The molecular weight excluding hydrogens is 296 g/mol. The second-order valence-electron chi connectivity index (χ2n) is 4.76. The summed E-state index contributed by atoms with van der Waals surface area (Å²) >= 11 is 0. The molecular formula is C17H18N2O4. The van der Waals surface area contributed by atoms with Crippen LogP contribution in [0.3, 0.4) is 0 Å². The van der Waals surface area contributed by atoms with Gasteiger partial charge in [-0.3, -0.25) is 4.79 Å². The lowest BCUT2D eigenvalue weighted by Gasteiger charge is -2.11. The van der Waals surface area contributed by atoms with E-state index in [4.69, 9.17) is 9.47 Å². The number of nitrogens with zero attached hydrogens (tertiary/aromatic N) is 1. The highest BCUT2D eigenvalue weighted by Gasteiger charge is 2.10. The fraction of sp³-hybridized carbons (Fsp3) is 0.176. The van der Waals surface area contributed by atoms with Crippen molar-refractivity contribution in [2.45, 2.75) is 6.92 Å². The van der Waals surface area contributed by atoms with E-state index in [1.807, 2.05) is 6.92 Å². The minimum absolute atomic E-state index is 0.0223. The minimum atomic E-state index is -0.415. The van der Waals surface area contributed by atoms with Crippen LogP contribution in [0.4, 0.5) is 0 Å². The first-order chi connectivity index (χ1) is 11.1. The number of benzene rings is 2. The summed E-state index contributed by atoms with van der Waals surface area (Å²) in [6.07, 6.45) is 1.49. The van der Waals surface area contributed by atoms with Crippen LogP contribution in [-0.2, 0) is 0 Å². The molecule has 0 spiro atoms. The quantitative estimate of drug-likeness (QED) is 0.656. The van der Waals surface area contributed by atoms with E-state index in [1.54, 1.807) is 38.5 Å². The van der Waals surface area contributed by atoms with E-state index in [1.165, 1.54) is 18.3 Å². The molecule has 0 aliphatic heterocycles. The van der Waals surface area contributed by atoms with Crippen LogP contribution < -0.4 is 14.9 Å². The van der Waals surface area contributed by atoms with Crippen LogP contribution in [-0.4, -0.2) is 31.4 Å². The average molecular weight is 314 g/mol. The molecule has 0 heterocycles. The van der Waals surface area contributed by atoms with Gasteiger partial charge in [0, 0.05) is 16.7 Å². The summed E-state index contributed by atoms with van der Waals surface area (Å²) in [4.78, 5) is 11.9. The van der Waals surface area contributed by atoms with Crippen molar-refractivity contribution in [1.29, 1.82) is 0 Å². The smallest absolute Gasteiger partial charge is 0.271 e. The first kappa shape index (κ1) is 16.4. The number of phenolic OH excluding ortho intramolecular Hbond substituents is 1. The Kier molecular flexibility index (Phi) is 5.19. The summed E-state index contributed by atoms with van der Waals surface area (Å²) in [6.45, 7) is 1.88. The number of carbonyl (C=O) groups is 1. The number of rotatable bonds is 5. The van der Waals surface area contributed by atoms with Crippen LogP contribution in [0, 0.1) is 6.92 Å². The molecule has 0 atom stereocenters. The molecule has 0 fully saturated rings. The number of nitrogens with one attached hydrogen (secondary N) is 1. The molecule has 0 saturated carbocycles. The molecule has 120 valence electrons. The van der Waals surface area contributed by atoms with Gasteiger partial charge in [0.25, 0.3) is 5.91 Å². The van der Waals surface area contributed by atoms with E-state index < -0.39 is 5.91 Å². The standard InChI is InChI=1S/C17H18N2O4/c1-11-15(22-2)8-7-13(16(11)23-3)10-18-19-17(21)12-5-4-6-14(20)9-12/h4-10,20H,1-3H3,(H,19,21)/b18-10+. The lowest BCUT2D eigenvalue weighted by molar-refractivity contribution is 0.0954. The van der Waals surface area contributed by atoms with Crippen LogP contribution in [0.25, 0.3) is 0 Å². The summed E-state index contributed by atoms with van der Waals surface area (Å²) in [5.41, 5.74) is 4.28. The van der Waals surface area contributed by atoms with Crippen molar-refractivity contribution in [3.63, 3.8) is 0 Å². The van der Waals surface area contributed by atoms with E-state index in [0.717, 1.165) is 5.56 Å². The average Bonchev–Trinajstić information content (AvgIpc) is 2.55. The fourth-order valence-corrected chi connectivity index (χ4v) is 2.16. The second-order valence-corrected chi connectivity index (χ2v) is 4.76. The number of carbonyl (C=O) groups excluding carboxylic acids is 1. The monoisotopic (exact) mass is 314 g/mol. The van der Waals surface area contributed by atoms with Gasteiger partial charge in [0.05, 0.1) is 20.4 Å². The Labute approximate surface area is 134 Å². The van der Waals surface area contributed by atoms with Crippen molar-refractivity contribution < 1.29 is 19.4 Å². The molecule has 2 rings (SSSR count). The molecule has 0 bridgehead atoms. The highest BCUT2D eigenvalue weighted by Crippen LogP contribution is 2.30. The van der Waals surface area contributed by atoms with Crippen molar-refractivity contribution in [3.8, 4) is 17.2 Å². The fourth-order valence-electron chi connectivity index (χ4n) is 2.16. The number of hydrogen-bond donors (Lipinski definition) is 2. The molecule has 0 saturated heterocycles. The van der Waals surface area contributed by atoms with Crippen molar-refractivity contribution in [1.82, 2.24) is 5.43 Å². The maximum atomic E-state index is 11.9. The molecule has 6 nitrogen and oxygen atoms in total. The number of hydrogen-bond acceptors (Lipinski definition) is 5. The zero-order valence-corrected chi connectivity index (χ0v) is 13.2. The van der Waals surface area contributed by atoms with E-state index in [0.29, 0.717) is 22.6 Å². The molecule has 0 unspecified atom stereocenters. The molecule has 0 radical (unpaired) electrons. The van der Waals surface area contributed by atoms with Gasteiger partial charge in [0.1, 0.15) is 17.2 Å². The molecule has 6 heteroatoms. The Morgan fingerprint density at radius 2 is 2.00 bits per heavy atom. The normalized spacial score (nSPS) is 10.6. The molecule has 2 aromatic rings. The molecule has 2 N–H and O–H groups in total. The van der Waals surface area contributed by atoms with Crippen LogP contribution in [0.1, 0.15) is 21.5 Å². The zero-order chi connectivity index (χ0) is 16.8. The zero-order valence-electron chi connectivity index (χ0n) is 13.2. The summed E-state index contributed by atoms with van der Waals surface area (Å²) in [5.74, 6) is 0.943. The van der Waals surface area contributed by atoms with Crippen LogP contribution in [0.2, 0.25) is 0 Å². The molecule has 1 amide bonds. The van der Waals surface area contributed by atoms with Gasteiger partial charge in [-0.15, -0.1) is 0 Å². The third-order valence-corrected chi connectivity index (χ3v) is 3.29. The number of ether oxygens (including phenoxy) is 2. The number of aromatic hydroxyl groups is 1. The Hall–Kier alpha value is -3.02. The Morgan fingerprint density at radius 1 is 1.22 bits per heavy atom. The third kappa shape index (κ3) is 3.79. The Bertz CT molecular complexity index is 741. The number of amides is 1. The maximum Gasteiger partial charge on any atom is 0.271 e. The Morgan fingerprint density at radius 3 is 2.65 bits per heavy atom. The number of hydrazone groups is 1. The summed E-state index contributed by atoms with van der Waals surface area (Å²) in [7, 11) is 3.15. The van der Waals surface area contributed by atoms with Gasteiger partial charge in [0.2, 0.25) is 0 Å². The predicted octanol–water partition coefficient (Wildman–Crippen LogP) is 2.48. The van der Waals surface area contributed by atoms with Crippen molar-refractivity contribution >= 4 is 12.1 Å². The predicted molar refractivity (Wildman–Crippen MR) is 87.5 cm³/mol. The lowest BCUT2D eigenvalue weighted by Crippen LogP contribution is -2.17. The van der Waals surface area contributed by atoms with E-state index >= 15 is 0 Å². The van der Waals surface area contributed by atoms with E-state index in [-0.39, 0.29) is 5.75 Å². The Balaban J connectivity index is 2.14. The first-order valence-electron chi connectivity index (χ1n) is 6.91. The minimum Gasteiger partial charge on any atom is -0.508 e. The highest BCUT2D eigenvalue weighted by atomic mass is 16.5. The highest BCUT2D eigenvalue weighted by molar-refractivity contribution is 5.95. The van der Waals surface area contributed by atoms with Crippen LogP contribution >= 0.6 is 0 Å². The van der Waals surface area contributed by atoms with Gasteiger partial charge in [0.15, 0.2) is 0 Å². The van der Waals surface area contributed by atoms with Crippen molar-refractivity contribution in [2.75, 3.05) is 14.2 Å². The first-order valence-corrected chi connectivity index (χ1v) is 6.91. The largest absolute Gasteiger partial charge is 0.508 e. The molecule has 0 aliphatic carbocycles. The van der Waals surface area contributed by atoms with Gasteiger partial charge in [-0.05, 0) is 37.3 Å². The molecule has 0 aromatic heterocycles. The topological polar surface area (TPSA) is 80.2 Å². The summed E-state index contributed by atoms with van der Waals surface area (Å²) < 4.78 is 10.6. The van der Waals surface area contributed by atoms with Gasteiger partial charge in [-0.1, -0.05) is 6.07 Å². The summed E-state index contributed by atoms with van der Waals surface area (Å²) in [5, 5.41) is 13.3. The van der Waals surface area contributed by atoms with Gasteiger partial charge in [-0.25, -0.2) is 5.43 Å². The SMILES string of the molecule is COc1ccc(/C=N/NC(=O)c2cccc(O)c2)c(OC)c1C. The second kappa shape index (κ2) is 7.31. The van der Waals surface area contributed by atoms with Crippen LogP contribution in [0.15, 0.2) is 41.5 Å². The number of methoxy groups -OCH3 is 2. The summed E-state index contributed by atoms with van der Waals surface area (Å²) in [6, 6.07) is 9.62. The molecule has 23 heavy (non-hydrogen) atoms.